The van der Waals surface area contributed by atoms with Crippen LogP contribution in [0.25, 0.3) is 11.4 Å². The summed E-state index contributed by atoms with van der Waals surface area (Å²) in [5.74, 6) is 1.60. The van der Waals surface area contributed by atoms with E-state index in [-0.39, 0.29) is 5.95 Å². The Hall–Kier alpha value is -2.37. The summed E-state index contributed by atoms with van der Waals surface area (Å²) < 4.78 is 0. The van der Waals surface area contributed by atoms with Crippen LogP contribution in [0.15, 0.2) is 24.3 Å². The second-order valence-electron chi connectivity index (χ2n) is 5.45. The third-order valence-corrected chi connectivity index (χ3v) is 3.67. The Kier molecular flexibility index (Phi) is 3.60. The molecular formula is C15H20N6. The molecule has 1 aliphatic heterocycles. The molecule has 1 fully saturated rings. The molecule has 1 aromatic carbocycles. The summed E-state index contributed by atoms with van der Waals surface area (Å²) in [5, 5.41) is 0. The first-order valence-electron chi connectivity index (χ1n) is 7.18. The van der Waals surface area contributed by atoms with E-state index in [1.165, 1.54) is 12.8 Å². The van der Waals surface area contributed by atoms with Gasteiger partial charge >= 0.3 is 0 Å². The molecule has 1 aromatic heterocycles. The molecule has 2 aromatic rings. The van der Waals surface area contributed by atoms with E-state index in [9.17, 15) is 0 Å². The van der Waals surface area contributed by atoms with Crippen LogP contribution in [0.5, 0.6) is 0 Å². The number of nitrogens with two attached hydrogens (primary N) is 1. The second kappa shape index (κ2) is 5.55. The highest BCUT2D eigenvalue weighted by atomic mass is 15.3. The van der Waals surface area contributed by atoms with Crippen molar-refractivity contribution >= 4 is 17.6 Å². The van der Waals surface area contributed by atoms with Gasteiger partial charge < -0.3 is 15.5 Å². The standard InChI is InChI=1S/C15H20N6/c1-20(2)12-7-5-11(6-8-12)13-17-14(16)19-15(18-13)21-9-3-4-10-21/h5-8H,3-4,9-10H2,1-2H3,(H2,16,17,18,19). The molecule has 0 bridgehead atoms. The van der Waals surface area contributed by atoms with Crippen LogP contribution >= 0.6 is 0 Å². The van der Waals surface area contributed by atoms with Gasteiger partial charge in [-0.3, -0.25) is 0 Å². The lowest BCUT2D eigenvalue weighted by molar-refractivity contribution is 0.887. The Morgan fingerprint density at radius 3 is 2.29 bits per heavy atom. The van der Waals surface area contributed by atoms with Gasteiger partial charge in [-0.2, -0.15) is 15.0 Å². The van der Waals surface area contributed by atoms with E-state index in [2.05, 4.69) is 24.8 Å². The zero-order valence-corrected chi connectivity index (χ0v) is 12.5. The third kappa shape index (κ3) is 2.89. The maximum absolute atomic E-state index is 5.85. The highest BCUT2D eigenvalue weighted by Gasteiger charge is 2.17. The van der Waals surface area contributed by atoms with E-state index in [4.69, 9.17) is 5.73 Å². The molecule has 0 saturated carbocycles. The summed E-state index contributed by atoms with van der Waals surface area (Å²) in [7, 11) is 4.03. The molecule has 0 amide bonds. The SMILES string of the molecule is CN(C)c1ccc(-c2nc(N)nc(N3CCCC3)n2)cc1. The van der Waals surface area contributed by atoms with Crippen molar-refractivity contribution in [2.24, 2.45) is 0 Å². The maximum atomic E-state index is 5.85. The number of nitrogen functional groups attached to an aromatic ring is 1. The first kappa shape index (κ1) is 13.6. The lowest BCUT2D eigenvalue weighted by atomic mass is 10.2. The van der Waals surface area contributed by atoms with Gasteiger partial charge in [-0.1, -0.05) is 0 Å². The molecule has 6 heteroatoms. The van der Waals surface area contributed by atoms with E-state index in [1.807, 2.05) is 38.4 Å². The van der Waals surface area contributed by atoms with Crippen molar-refractivity contribution in [2.45, 2.75) is 12.8 Å². The number of nitrogens with zero attached hydrogens (tertiary/aromatic N) is 5. The van der Waals surface area contributed by atoms with Crippen LogP contribution < -0.4 is 15.5 Å². The van der Waals surface area contributed by atoms with Crippen LogP contribution in [-0.4, -0.2) is 42.1 Å². The van der Waals surface area contributed by atoms with Crippen molar-refractivity contribution in [1.29, 1.82) is 0 Å². The number of aromatic nitrogens is 3. The molecule has 0 aliphatic carbocycles. The fraction of sp³-hybridized carbons (Fsp3) is 0.400. The minimum Gasteiger partial charge on any atom is -0.378 e. The van der Waals surface area contributed by atoms with Gasteiger partial charge in [-0.05, 0) is 37.1 Å². The third-order valence-electron chi connectivity index (χ3n) is 3.67. The van der Waals surface area contributed by atoms with Gasteiger partial charge in [0.1, 0.15) is 0 Å². The van der Waals surface area contributed by atoms with Gasteiger partial charge in [0.15, 0.2) is 5.82 Å². The molecule has 1 saturated heterocycles. The lowest BCUT2D eigenvalue weighted by Crippen LogP contribution is -2.21. The van der Waals surface area contributed by atoms with Crippen LogP contribution in [0.3, 0.4) is 0 Å². The fourth-order valence-corrected chi connectivity index (χ4v) is 2.48. The van der Waals surface area contributed by atoms with Gasteiger partial charge in [0.25, 0.3) is 0 Å². The Bertz CT molecular complexity index is 617. The molecule has 0 atom stereocenters. The normalized spacial score (nSPS) is 14.5. The molecule has 2 N–H and O–H groups in total. The predicted octanol–water partition coefficient (Wildman–Crippen LogP) is 1.79. The van der Waals surface area contributed by atoms with Crippen molar-refractivity contribution < 1.29 is 0 Å². The Morgan fingerprint density at radius 1 is 1.00 bits per heavy atom. The number of anilines is 3. The van der Waals surface area contributed by atoms with E-state index < -0.39 is 0 Å². The maximum Gasteiger partial charge on any atom is 0.230 e. The first-order valence-corrected chi connectivity index (χ1v) is 7.18. The molecular weight excluding hydrogens is 264 g/mol. The molecule has 6 nitrogen and oxygen atoms in total. The lowest BCUT2D eigenvalue weighted by Gasteiger charge is -2.16. The minimum absolute atomic E-state index is 0.276. The zero-order chi connectivity index (χ0) is 14.8. The average molecular weight is 284 g/mol. The predicted molar refractivity (Wildman–Crippen MR) is 85.4 cm³/mol. The highest BCUT2D eigenvalue weighted by Crippen LogP contribution is 2.23. The molecule has 110 valence electrons. The summed E-state index contributed by atoms with van der Waals surface area (Å²) in [4.78, 5) is 17.3. The summed E-state index contributed by atoms with van der Waals surface area (Å²) >= 11 is 0. The van der Waals surface area contributed by atoms with Crippen molar-refractivity contribution in [3.8, 4) is 11.4 Å². The minimum atomic E-state index is 0.276. The second-order valence-corrected chi connectivity index (χ2v) is 5.45. The largest absolute Gasteiger partial charge is 0.378 e. The van der Waals surface area contributed by atoms with E-state index in [0.29, 0.717) is 11.8 Å². The Morgan fingerprint density at radius 2 is 1.67 bits per heavy atom. The van der Waals surface area contributed by atoms with Gasteiger partial charge in [-0.15, -0.1) is 0 Å². The highest BCUT2D eigenvalue weighted by molar-refractivity contribution is 5.62. The van der Waals surface area contributed by atoms with Gasteiger partial charge in [0.2, 0.25) is 11.9 Å². The van der Waals surface area contributed by atoms with Crippen molar-refractivity contribution in [3.63, 3.8) is 0 Å². The van der Waals surface area contributed by atoms with Gasteiger partial charge in [0, 0.05) is 38.4 Å². The monoisotopic (exact) mass is 284 g/mol. The molecule has 0 spiro atoms. The van der Waals surface area contributed by atoms with Crippen molar-refractivity contribution in [2.75, 3.05) is 42.7 Å². The van der Waals surface area contributed by atoms with E-state index in [0.717, 1.165) is 24.3 Å². The average Bonchev–Trinajstić information content (AvgIpc) is 3.01. The smallest absolute Gasteiger partial charge is 0.230 e. The number of benzene rings is 1. The topological polar surface area (TPSA) is 71.2 Å². The summed E-state index contributed by atoms with van der Waals surface area (Å²) in [6.45, 7) is 1.98. The molecule has 21 heavy (non-hydrogen) atoms. The van der Waals surface area contributed by atoms with Gasteiger partial charge in [-0.25, -0.2) is 0 Å². The van der Waals surface area contributed by atoms with Gasteiger partial charge in [0.05, 0.1) is 0 Å². The fourth-order valence-electron chi connectivity index (χ4n) is 2.48. The molecule has 3 rings (SSSR count). The van der Waals surface area contributed by atoms with Crippen molar-refractivity contribution in [3.05, 3.63) is 24.3 Å². The quantitative estimate of drug-likeness (QED) is 0.926. The van der Waals surface area contributed by atoms with Crippen LogP contribution in [-0.2, 0) is 0 Å². The van der Waals surface area contributed by atoms with E-state index >= 15 is 0 Å². The summed E-state index contributed by atoms with van der Waals surface area (Å²) in [6, 6.07) is 8.12. The Labute approximate surface area is 124 Å². The first-order chi connectivity index (χ1) is 10.1. The Balaban J connectivity index is 1.93. The molecule has 2 heterocycles. The summed E-state index contributed by atoms with van der Waals surface area (Å²) in [6.07, 6.45) is 2.36. The van der Waals surface area contributed by atoms with Crippen LogP contribution in [0.4, 0.5) is 17.6 Å². The number of hydrogen-bond acceptors (Lipinski definition) is 6. The van der Waals surface area contributed by atoms with Crippen LogP contribution in [0, 0.1) is 0 Å². The molecule has 1 aliphatic rings. The number of hydrogen-bond donors (Lipinski definition) is 1. The molecule has 0 unspecified atom stereocenters. The van der Waals surface area contributed by atoms with Crippen LogP contribution in [0.2, 0.25) is 0 Å². The van der Waals surface area contributed by atoms with E-state index in [1.54, 1.807) is 0 Å². The van der Waals surface area contributed by atoms with Crippen LogP contribution in [0.1, 0.15) is 12.8 Å². The summed E-state index contributed by atoms with van der Waals surface area (Å²) in [5.41, 5.74) is 7.94. The molecule has 0 radical (unpaired) electrons. The number of rotatable bonds is 3. The zero-order valence-electron chi connectivity index (χ0n) is 12.5. The van der Waals surface area contributed by atoms with Crippen molar-refractivity contribution in [1.82, 2.24) is 15.0 Å².